The quantitative estimate of drug-likeness (QED) is 0.423. The Morgan fingerprint density at radius 3 is 2.66 bits per heavy atom. The van der Waals surface area contributed by atoms with Crippen molar-refractivity contribution in [2.45, 2.75) is 51.0 Å². The van der Waals surface area contributed by atoms with Crippen LogP contribution in [0.4, 0.5) is 20.2 Å². The van der Waals surface area contributed by atoms with Crippen LogP contribution in [0.2, 0.25) is 0 Å². The third kappa shape index (κ3) is 4.05. The van der Waals surface area contributed by atoms with Gasteiger partial charge in [-0.3, -0.25) is 4.98 Å². The summed E-state index contributed by atoms with van der Waals surface area (Å²) in [6.45, 7) is 0. The highest BCUT2D eigenvalue weighted by Gasteiger charge is 2.24. The third-order valence-electron chi connectivity index (χ3n) is 6.55. The number of aromatic nitrogens is 1. The molecule has 2 aliphatic carbocycles. The van der Waals surface area contributed by atoms with Gasteiger partial charge in [-0.25, -0.2) is 8.78 Å². The SMILES string of the molecule is OC1CCc2c(Nc3cc(F)c(CCCCC4=CCc5ccccc54)c(F)c3)ccnc21. The lowest BCUT2D eigenvalue weighted by molar-refractivity contribution is 0.176. The second kappa shape index (κ2) is 8.83. The molecule has 2 N–H and O–H groups in total. The highest BCUT2D eigenvalue weighted by molar-refractivity contribution is 5.72. The zero-order valence-electron chi connectivity index (χ0n) is 17.9. The molecule has 3 nitrogen and oxygen atoms in total. The molecule has 1 atom stereocenters. The highest BCUT2D eigenvalue weighted by Crippen LogP contribution is 2.36. The fourth-order valence-electron chi connectivity index (χ4n) is 4.87. The Bertz CT molecular complexity index is 1170. The number of hydrogen-bond donors (Lipinski definition) is 2. The van der Waals surface area contributed by atoms with E-state index in [1.165, 1.54) is 28.8 Å². The number of halogens is 2. The molecule has 0 amide bonds. The van der Waals surface area contributed by atoms with Gasteiger partial charge in [0, 0.05) is 23.1 Å². The van der Waals surface area contributed by atoms with Crippen molar-refractivity contribution in [2.75, 3.05) is 5.32 Å². The number of nitrogens with zero attached hydrogens (tertiary/aromatic N) is 1. The van der Waals surface area contributed by atoms with Gasteiger partial charge in [-0.1, -0.05) is 30.3 Å². The first-order valence-electron chi connectivity index (χ1n) is 11.3. The summed E-state index contributed by atoms with van der Waals surface area (Å²) in [6, 6.07) is 12.9. The molecule has 0 radical (unpaired) electrons. The van der Waals surface area contributed by atoms with Crippen LogP contribution in [0.5, 0.6) is 0 Å². The maximum atomic E-state index is 14.7. The molecule has 0 bridgehead atoms. The summed E-state index contributed by atoms with van der Waals surface area (Å²) in [4.78, 5) is 4.23. The van der Waals surface area contributed by atoms with Crippen LogP contribution in [0.1, 0.15) is 59.7 Å². The maximum absolute atomic E-state index is 14.7. The molecule has 0 fully saturated rings. The molecule has 3 aromatic rings. The van der Waals surface area contributed by atoms with Crippen LogP contribution < -0.4 is 5.32 Å². The van der Waals surface area contributed by atoms with Gasteiger partial charge in [0.1, 0.15) is 11.6 Å². The van der Waals surface area contributed by atoms with Crippen molar-refractivity contribution in [1.29, 1.82) is 0 Å². The molecule has 0 saturated heterocycles. The molecule has 2 aromatic carbocycles. The first kappa shape index (κ1) is 20.8. The second-order valence-electron chi connectivity index (χ2n) is 8.62. The average Bonchev–Trinajstić information content (AvgIpc) is 3.37. The standard InChI is InChI=1S/C27H26F2N2O/c28-23-15-19(31-25-13-14-30-27-22(25)11-12-26(27)32)16-24(29)21(23)8-4-2-6-18-10-9-17-5-1-3-7-20(17)18/h1,3,5,7,10,13-16,26,32H,2,4,6,8-9,11-12H2,(H,30,31). The predicted molar refractivity (Wildman–Crippen MR) is 123 cm³/mol. The number of nitrogens with one attached hydrogen (secondary N) is 1. The normalized spacial score (nSPS) is 16.6. The van der Waals surface area contributed by atoms with E-state index in [2.05, 4.69) is 40.6 Å². The van der Waals surface area contributed by atoms with Gasteiger partial charge in [-0.05, 0) is 85.4 Å². The van der Waals surface area contributed by atoms with Crippen LogP contribution >= 0.6 is 0 Å². The van der Waals surface area contributed by atoms with Crippen LogP contribution in [-0.4, -0.2) is 10.1 Å². The number of pyridine rings is 1. The van der Waals surface area contributed by atoms with Crippen LogP contribution in [0.15, 0.2) is 54.7 Å². The molecule has 32 heavy (non-hydrogen) atoms. The number of rotatable bonds is 7. The van der Waals surface area contributed by atoms with Gasteiger partial charge in [0.25, 0.3) is 0 Å². The number of benzene rings is 2. The minimum atomic E-state index is -0.573. The van der Waals surface area contributed by atoms with Crippen molar-refractivity contribution in [3.8, 4) is 0 Å². The number of aliphatic hydroxyl groups is 1. The third-order valence-corrected chi connectivity index (χ3v) is 6.55. The molecule has 164 valence electrons. The van der Waals surface area contributed by atoms with Gasteiger partial charge in [0.2, 0.25) is 0 Å². The summed E-state index contributed by atoms with van der Waals surface area (Å²) in [6.07, 6.45) is 8.51. The summed E-state index contributed by atoms with van der Waals surface area (Å²) < 4.78 is 29.5. The van der Waals surface area contributed by atoms with Crippen molar-refractivity contribution >= 4 is 16.9 Å². The van der Waals surface area contributed by atoms with Gasteiger partial charge >= 0.3 is 0 Å². The van der Waals surface area contributed by atoms with E-state index in [-0.39, 0.29) is 5.56 Å². The van der Waals surface area contributed by atoms with E-state index in [0.717, 1.165) is 36.9 Å². The van der Waals surface area contributed by atoms with Crippen LogP contribution in [0.25, 0.3) is 5.57 Å². The maximum Gasteiger partial charge on any atom is 0.131 e. The Hall–Kier alpha value is -3.05. The molecular weight excluding hydrogens is 406 g/mol. The number of aliphatic hydroxyl groups excluding tert-OH is 1. The van der Waals surface area contributed by atoms with Crippen molar-refractivity contribution < 1.29 is 13.9 Å². The lowest BCUT2D eigenvalue weighted by Gasteiger charge is -2.13. The van der Waals surface area contributed by atoms with Gasteiger partial charge in [0.05, 0.1) is 11.8 Å². The molecule has 1 unspecified atom stereocenters. The Morgan fingerprint density at radius 2 is 1.81 bits per heavy atom. The topological polar surface area (TPSA) is 45.1 Å². The van der Waals surface area contributed by atoms with Crippen LogP contribution in [0, 0.1) is 11.6 Å². The lowest BCUT2D eigenvalue weighted by Crippen LogP contribution is -2.02. The fraction of sp³-hybridized carbons (Fsp3) is 0.296. The number of anilines is 2. The largest absolute Gasteiger partial charge is 0.387 e. The summed E-state index contributed by atoms with van der Waals surface area (Å²) in [5.74, 6) is -1.05. The van der Waals surface area contributed by atoms with Crippen molar-refractivity contribution in [3.05, 3.63) is 94.3 Å². The Morgan fingerprint density at radius 1 is 1.03 bits per heavy atom. The lowest BCUT2D eigenvalue weighted by atomic mass is 9.99. The molecule has 0 aliphatic heterocycles. The molecule has 1 heterocycles. The first-order chi connectivity index (χ1) is 15.6. The van der Waals surface area contributed by atoms with Gasteiger partial charge in [0.15, 0.2) is 0 Å². The van der Waals surface area contributed by atoms with E-state index in [0.29, 0.717) is 30.6 Å². The van der Waals surface area contributed by atoms with E-state index in [9.17, 15) is 13.9 Å². The summed E-state index contributed by atoms with van der Waals surface area (Å²) in [7, 11) is 0. The van der Waals surface area contributed by atoms with Crippen molar-refractivity contribution in [1.82, 2.24) is 4.98 Å². The minimum absolute atomic E-state index is 0.145. The minimum Gasteiger partial charge on any atom is -0.387 e. The van der Waals surface area contributed by atoms with E-state index >= 15 is 0 Å². The zero-order valence-corrected chi connectivity index (χ0v) is 17.9. The predicted octanol–water partition coefficient (Wildman–Crippen LogP) is 6.44. The zero-order chi connectivity index (χ0) is 22.1. The van der Waals surface area contributed by atoms with Crippen LogP contribution in [-0.2, 0) is 19.3 Å². The van der Waals surface area contributed by atoms with E-state index in [1.807, 2.05) is 0 Å². The van der Waals surface area contributed by atoms with Gasteiger partial charge < -0.3 is 10.4 Å². The smallest absolute Gasteiger partial charge is 0.131 e. The molecule has 1 aromatic heterocycles. The average molecular weight is 433 g/mol. The van der Waals surface area contributed by atoms with E-state index < -0.39 is 17.7 Å². The van der Waals surface area contributed by atoms with Crippen LogP contribution in [0.3, 0.4) is 0 Å². The Kier molecular flexibility index (Phi) is 5.75. The number of hydrogen-bond acceptors (Lipinski definition) is 3. The number of unbranched alkanes of at least 4 members (excludes halogenated alkanes) is 1. The van der Waals surface area contributed by atoms with Crippen molar-refractivity contribution in [3.63, 3.8) is 0 Å². The Balaban J connectivity index is 1.21. The monoisotopic (exact) mass is 432 g/mol. The molecule has 0 saturated carbocycles. The molecule has 2 aliphatic rings. The highest BCUT2D eigenvalue weighted by atomic mass is 19.1. The first-order valence-corrected chi connectivity index (χ1v) is 11.3. The molecule has 5 rings (SSSR count). The number of fused-ring (bicyclic) bond motifs is 2. The summed E-state index contributed by atoms with van der Waals surface area (Å²) in [5.41, 5.74) is 6.82. The van der Waals surface area contributed by atoms with Crippen molar-refractivity contribution in [2.24, 2.45) is 0 Å². The van der Waals surface area contributed by atoms with Gasteiger partial charge in [-0.15, -0.1) is 0 Å². The summed E-state index contributed by atoms with van der Waals surface area (Å²) >= 11 is 0. The van der Waals surface area contributed by atoms with Gasteiger partial charge in [-0.2, -0.15) is 0 Å². The number of allylic oxidation sites excluding steroid dienone is 2. The fourth-order valence-corrected chi connectivity index (χ4v) is 4.87. The molecule has 0 spiro atoms. The van der Waals surface area contributed by atoms with E-state index in [4.69, 9.17) is 0 Å². The Labute approximate surface area is 186 Å². The second-order valence-corrected chi connectivity index (χ2v) is 8.62. The molecular formula is C27H26F2N2O. The molecule has 5 heteroatoms. The van der Waals surface area contributed by atoms with E-state index in [1.54, 1.807) is 12.3 Å². The summed E-state index contributed by atoms with van der Waals surface area (Å²) in [5, 5.41) is 13.1.